The van der Waals surface area contributed by atoms with Crippen LogP contribution in [0.15, 0.2) is 158 Å². The molecule has 0 aliphatic heterocycles. The van der Waals surface area contributed by atoms with E-state index in [9.17, 15) is 24.5 Å². The smallest absolute Gasteiger partial charge is 0.390 e. The highest BCUT2D eigenvalue weighted by atomic mass is 31.2. The Kier molecular flexibility index (Phi) is 48.8. The zero-order chi connectivity index (χ0) is 53.6. The fourth-order valence-corrected chi connectivity index (χ4v) is 7.77. The van der Waals surface area contributed by atoms with E-state index in [0.29, 0.717) is 30.3 Å². The van der Waals surface area contributed by atoms with Crippen molar-refractivity contribution >= 4 is 13.7 Å². The number of unbranched alkanes of at least 4 members (excludes halogenated alkanes) is 9. The molecule has 0 saturated heterocycles. The van der Waals surface area contributed by atoms with Crippen molar-refractivity contribution in [2.45, 2.75) is 193 Å². The number of hydrogen-bond acceptors (Lipinski definition) is 6. The Hall–Kier alpha value is -3.92. The SMILES string of the molecule is C/C=C/CC/C=C/CC/C=C/CCCC(O)C(O)C(COP(=O)(O)OCC[N+](C)(C)C)NC(=O)CCCCCCCC/C=C\C/C=C\C/C=C\C/C=C\C/C=C\C/C=C\C/C=C\C/C=C\C/C=C\C/C=C\CC. The van der Waals surface area contributed by atoms with E-state index in [4.69, 9.17) is 9.05 Å². The van der Waals surface area contributed by atoms with E-state index in [1.54, 1.807) is 0 Å². The molecule has 0 bridgehead atoms. The fourth-order valence-electron chi connectivity index (χ4n) is 7.03. The Morgan fingerprint density at radius 2 is 0.877 bits per heavy atom. The summed E-state index contributed by atoms with van der Waals surface area (Å²) in [6, 6.07) is -1.08. The molecule has 0 fully saturated rings. The molecule has 412 valence electrons. The van der Waals surface area contributed by atoms with E-state index in [0.717, 1.165) is 135 Å². The lowest BCUT2D eigenvalue weighted by Crippen LogP contribution is -2.51. The molecule has 4 N–H and O–H groups in total. The van der Waals surface area contributed by atoms with Crippen LogP contribution < -0.4 is 5.32 Å². The molecule has 0 aromatic rings. The second-order valence-electron chi connectivity index (χ2n) is 19.3. The number of carbonyl (C=O) groups is 1. The third-order valence-electron chi connectivity index (χ3n) is 11.4. The number of likely N-dealkylation sites (N-methyl/N-ethyl adjacent to an activating group) is 1. The Morgan fingerprint density at radius 1 is 0.507 bits per heavy atom. The third kappa shape index (κ3) is 52.7. The maximum Gasteiger partial charge on any atom is 0.472 e. The van der Waals surface area contributed by atoms with E-state index in [1.807, 2.05) is 28.1 Å². The molecule has 0 spiro atoms. The Bertz CT molecular complexity index is 1760. The first-order valence-corrected chi connectivity index (χ1v) is 29.4. The van der Waals surface area contributed by atoms with Gasteiger partial charge in [-0.2, -0.15) is 0 Å². The highest BCUT2D eigenvalue weighted by molar-refractivity contribution is 7.47. The highest BCUT2D eigenvalue weighted by Crippen LogP contribution is 2.43. The van der Waals surface area contributed by atoms with Crippen LogP contribution in [0.4, 0.5) is 0 Å². The molecule has 0 heterocycles. The summed E-state index contributed by atoms with van der Waals surface area (Å²) in [5, 5.41) is 24.7. The van der Waals surface area contributed by atoms with E-state index in [-0.39, 0.29) is 18.9 Å². The lowest BCUT2D eigenvalue weighted by Gasteiger charge is -2.28. The van der Waals surface area contributed by atoms with Gasteiger partial charge in [-0.25, -0.2) is 4.57 Å². The standard InChI is InChI=1S/C63H103N2O7P/c1-6-8-10-12-14-16-18-20-21-22-23-24-25-26-27-28-29-30-31-32-33-34-35-36-37-38-39-40-41-42-43-44-46-48-50-52-54-56-62(67)64-60(59-72-73(69,70)71-58-57-65(3,4)5)63(68)61(66)55-53-51-49-47-45-19-17-15-13-11-9-7-2/h7-10,14-17,20-21,23-24,26-27,29-30,32-33,35-36,38-39,41-42,47,49,60-61,63,66,68H,6,11-13,18-19,22,25,28,31,34,37,40,43-46,48,50-59H2,1-5H3,(H-,64,67,69,70)/p+1/b9-7+,10-8-,16-14-,17-15+,21-20-,24-23-,27-26-,30-29-,33-32-,36-35-,39-38-,42-41-,49-47+. The Morgan fingerprint density at radius 3 is 1.32 bits per heavy atom. The fraction of sp³-hybridized carbons (Fsp3) is 0.571. The minimum atomic E-state index is -4.45. The zero-order valence-corrected chi connectivity index (χ0v) is 47.3. The minimum Gasteiger partial charge on any atom is -0.390 e. The molecule has 0 aromatic heterocycles. The summed E-state index contributed by atoms with van der Waals surface area (Å²) in [7, 11) is 1.36. The van der Waals surface area contributed by atoms with Gasteiger partial charge in [0.2, 0.25) is 5.91 Å². The van der Waals surface area contributed by atoms with Crippen LogP contribution in [0.5, 0.6) is 0 Å². The lowest BCUT2D eigenvalue weighted by atomic mass is 10.0. The molecule has 4 atom stereocenters. The molecule has 9 nitrogen and oxygen atoms in total. The normalized spacial score (nSPS) is 15.6. The summed E-state index contributed by atoms with van der Waals surface area (Å²) in [6.07, 6.45) is 77.8. The van der Waals surface area contributed by atoms with Crippen molar-refractivity contribution in [3.63, 3.8) is 0 Å². The number of phosphoric acid groups is 1. The molecule has 0 aliphatic carbocycles. The van der Waals surface area contributed by atoms with Crippen molar-refractivity contribution < 1.29 is 38.0 Å². The van der Waals surface area contributed by atoms with Gasteiger partial charge in [0.05, 0.1) is 39.9 Å². The van der Waals surface area contributed by atoms with Crippen LogP contribution in [-0.4, -0.2) is 84.6 Å². The molecule has 73 heavy (non-hydrogen) atoms. The maximum absolute atomic E-state index is 13.0. The van der Waals surface area contributed by atoms with E-state index in [2.05, 4.69) is 170 Å². The van der Waals surface area contributed by atoms with Crippen LogP contribution in [0.2, 0.25) is 0 Å². The topological polar surface area (TPSA) is 125 Å². The number of aliphatic hydroxyl groups excluding tert-OH is 2. The molecular formula is C63H104N2O7P+. The average molecular weight is 1030 g/mol. The van der Waals surface area contributed by atoms with Gasteiger partial charge in [0, 0.05) is 6.42 Å². The van der Waals surface area contributed by atoms with Gasteiger partial charge >= 0.3 is 7.82 Å². The number of phosphoric ester groups is 1. The summed E-state index contributed by atoms with van der Waals surface area (Å²) < 4.78 is 23.5. The summed E-state index contributed by atoms with van der Waals surface area (Å²) in [6.45, 7) is 4.20. The minimum absolute atomic E-state index is 0.0000416. The number of quaternary nitrogens is 1. The number of allylic oxidation sites excluding steroid dienone is 26. The molecule has 4 unspecified atom stereocenters. The van der Waals surface area contributed by atoms with Gasteiger partial charge in [-0.1, -0.05) is 191 Å². The van der Waals surface area contributed by atoms with Gasteiger partial charge < -0.3 is 24.9 Å². The van der Waals surface area contributed by atoms with Crippen LogP contribution in [0, 0.1) is 0 Å². The summed E-state index contributed by atoms with van der Waals surface area (Å²) in [5.74, 6) is -0.298. The second kappa shape index (κ2) is 51.6. The number of carbonyl (C=O) groups excluding carboxylic acids is 1. The van der Waals surface area contributed by atoms with Gasteiger partial charge in [0.1, 0.15) is 19.3 Å². The first-order valence-electron chi connectivity index (χ1n) is 27.9. The molecule has 1 amide bonds. The van der Waals surface area contributed by atoms with E-state index in [1.165, 1.54) is 0 Å². The number of rotatable bonds is 48. The number of nitrogens with zero attached hydrogens (tertiary/aromatic N) is 1. The number of nitrogens with one attached hydrogen (secondary N) is 1. The zero-order valence-electron chi connectivity index (χ0n) is 46.4. The quantitative estimate of drug-likeness (QED) is 0.0207. The van der Waals surface area contributed by atoms with Gasteiger partial charge in [0.25, 0.3) is 0 Å². The van der Waals surface area contributed by atoms with Gasteiger partial charge in [-0.15, -0.1) is 0 Å². The van der Waals surface area contributed by atoms with Crippen molar-refractivity contribution in [3.8, 4) is 0 Å². The van der Waals surface area contributed by atoms with Crippen LogP contribution in [0.1, 0.15) is 174 Å². The van der Waals surface area contributed by atoms with Crippen molar-refractivity contribution in [2.75, 3.05) is 40.9 Å². The van der Waals surface area contributed by atoms with E-state index >= 15 is 0 Å². The van der Waals surface area contributed by atoms with Crippen molar-refractivity contribution in [2.24, 2.45) is 0 Å². The number of hydrogen-bond donors (Lipinski definition) is 4. The first kappa shape index (κ1) is 69.1. The van der Waals surface area contributed by atoms with Crippen LogP contribution in [0.3, 0.4) is 0 Å². The highest BCUT2D eigenvalue weighted by Gasteiger charge is 2.31. The maximum atomic E-state index is 13.0. The van der Waals surface area contributed by atoms with Gasteiger partial charge in [-0.05, 0) is 135 Å². The largest absolute Gasteiger partial charge is 0.472 e. The molecule has 0 radical (unpaired) electrons. The van der Waals surface area contributed by atoms with E-state index < -0.39 is 32.7 Å². The van der Waals surface area contributed by atoms with Crippen LogP contribution in [-0.2, 0) is 18.4 Å². The molecular weight excluding hydrogens is 928 g/mol. The molecule has 0 aliphatic rings. The number of amides is 1. The van der Waals surface area contributed by atoms with Crippen molar-refractivity contribution in [1.82, 2.24) is 5.32 Å². The molecule has 0 rings (SSSR count). The van der Waals surface area contributed by atoms with Crippen LogP contribution in [0.25, 0.3) is 0 Å². The summed E-state index contributed by atoms with van der Waals surface area (Å²) in [4.78, 5) is 23.3. The first-order chi connectivity index (χ1) is 35.4. The second-order valence-corrected chi connectivity index (χ2v) is 20.8. The monoisotopic (exact) mass is 1030 g/mol. The van der Waals surface area contributed by atoms with Crippen molar-refractivity contribution in [1.29, 1.82) is 0 Å². The Labute approximate surface area is 446 Å². The predicted octanol–water partition coefficient (Wildman–Crippen LogP) is 16.1. The van der Waals surface area contributed by atoms with Crippen LogP contribution >= 0.6 is 7.82 Å². The summed E-state index contributed by atoms with van der Waals surface area (Å²) >= 11 is 0. The lowest BCUT2D eigenvalue weighted by molar-refractivity contribution is -0.870. The molecule has 10 heteroatoms. The van der Waals surface area contributed by atoms with Gasteiger partial charge in [-0.3, -0.25) is 13.8 Å². The predicted molar refractivity (Wildman–Crippen MR) is 314 cm³/mol. The van der Waals surface area contributed by atoms with Crippen molar-refractivity contribution in [3.05, 3.63) is 158 Å². The number of aliphatic hydroxyl groups is 2. The molecule has 0 saturated carbocycles. The Balaban J connectivity index is 4.28. The molecule has 0 aromatic carbocycles. The average Bonchev–Trinajstić information content (AvgIpc) is 3.35. The third-order valence-corrected chi connectivity index (χ3v) is 12.4. The van der Waals surface area contributed by atoms with Gasteiger partial charge in [0.15, 0.2) is 0 Å². The summed E-state index contributed by atoms with van der Waals surface area (Å²) in [5.41, 5.74) is 0.